The van der Waals surface area contributed by atoms with Crippen LogP contribution in [-0.4, -0.2) is 13.2 Å². The summed E-state index contributed by atoms with van der Waals surface area (Å²) in [5, 5.41) is 12.6. The molecule has 0 fully saturated rings. The van der Waals surface area contributed by atoms with Gasteiger partial charge in [0.15, 0.2) is 11.5 Å². The maximum absolute atomic E-state index is 8.82. The highest BCUT2D eigenvalue weighted by Gasteiger charge is 2.11. The van der Waals surface area contributed by atoms with Gasteiger partial charge in [0.25, 0.3) is 0 Å². The van der Waals surface area contributed by atoms with Crippen molar-refractivity contribution in [2.45, 2.75) is 6.54 Å². The van der Waals surface area contributed by atoms with E-state index in [9.17, 15) is 0 Å². The molecule has 1 N–H and O–H groups in total. The van der Waals surface area contributed by atoms with Gasteiger partial charge in [-0.2, -0.15) is 5.26 Å². The van der Waals surface area contributed by atoms with Crippen molar-refractivity contribution in [3.63, 3.8) is 0 Å². The van der Waals surface area contributed by atoms with Gasteiger partial charge >= 0.3 is 0 Å². The number of nitriles is 1. The zero-order valence-corrected chi connectivity index (χ0v) is 12.0. The lowest BCUT2D eigenvalue weighted by atomic mass is 10.1. The predicted octanol–water partition coefficient (Wildman–Crippen LogP) is 3.59. The molecule has 4 nitrogen and oxygen atoms in total. The number of anilines is 1. The first kappa shape index (κ1) is 13.6. The summed E-state index contributed by atoms with van der Waals surface area (Å²) in [5.41, 5.74) is 2.41. The zero-order valence-electron chi connectivity index (χ0n) is 11.2. The Labute approximate surface area is 127 Å². The molecule has 3 rings (SSSR count). The average molecular weight is 301 g/mol. The van der Waals surface area contributed by atoms with Gasteiger partial charge in [0, 0.05) is 6.54 Å². The summed E-state index contributed by atoms with van der Waals surface area (Å²) in [6, 6.07) is 13.1. The van der Waals surface area contributed by atoms with Crippen molar-refractivity contribution in [1.29, 1.82) is 5.26 Å². The summed E-state index contributed by atoms with van der Waals surface area (Å²) in [5.74, 6) is 1.55. The highest BCUT2D eigenvalue weighted by molar-refractivity contribution is 6.33. The molecule has 0 atom stereocenters. The Balaban J connectivity index is 1.72. The van der Waals surface area contributed by atoms with E-state index >= 15 is 0 Å². The molecule has 0 unspecified atom stereocenters. The van der Waals surface area contributed by atoms with Crippen molar-refractivity contribution in [2.75, 3.05) is 18.5 Å². The van der Waals surface area contributed by atoms with Crippen molar-refractivity contribution in [3.05, 3.63) is 52.5 Å². The predicted molar refractivity (Wildman–Crippen MR) is 80.9 cm³/mol. The van der Waals surface area contributed by atoms with Crippen LogP contribution >= 0.6 is 11.6 Å². The maximum atomic E-state index is 8.82. The fourth-order valence-corrected chi connectivity index (χ4v) is 2.37. The molecule has 1 aliphatic rings. The number of hydrogen-bond donors (Lipinski definition) is 1. The molecule has 1 aliphatic heterocycles. The van der Waals surface area contributed by atoms with Gasteiger partial charge in [-0.3, -0.25) is 0 Å². The molecular weight excluding hydrogens is 288 g/mol. The SMILES string of the molecule is N#Cc1ccc(NCc2ccc3c(c2)OCCO3)c(Cl)c1. The molecule has 0 amide bonds. The molecule has 0 spiro atoms. The number of benzene rings is 2. The third-order valence-electron chi connectivity index (χ3n) is 3.19. The van der Waals surface area contributed by atoms with Crippen molar-refractivity contribution >= 4 is 17.3 Å². The summed E-state index contributed by atoms with van der Waals surface area (Å²) < 4.78 is 11.0. The van der Waals surface area contributed by atoms with E-state index in [1.165, 1.54) is 0 Å². The molecule has 0 saturated carbocycles. The summed E-state index contributed by atoms with van der Waals surface area (Å²) >= 11 is 6.13. The molecule has 0 saturated heterocycles. The van der Waals surface area contributed by atoms with Gasteiger partial charge in [-0.1, -0.05) is 17.7 Å². The number of rotatable bonds is 3. The Morgan fingerprint density at radius 1 is 1.10 bits per heavy atom. The lowest BCUT2D eigenvalue weighted by molar-refractivity contribution is 0.171. The highest BCUT2D eigenvalue weighted by atomic mass is 35.5. The van der Waals surface area contributed by atoms with E-state index in [2.05, 4.69) is 11.4 Å². The number of halogens is 1. The smallest absolute Gasteiger partial charge is 0.161 e. The Hall–Kier alpha value is -2.38. The minimum Gasteiger partial charge on any atom is -0.486 e. The van der Waals surface area contributed by atoms with E-state index in [-0.39, 0.29) is 0 Å². The number of nitrogens with one attached hydrogen (secondary N) is 1. The van der Waals surface area contributed by atoms with E-state index in [0.29, 0.717) is 30.3 Å². The second kappa shape index (κ2) is 5.94. The molecule has 0 bridgehead atoms. The number of hydrogen-bond acceptors (Lipinski definition) is 4. The maximum Gasteiger partial charge on any atom is 0.161 e. The van der Waals surface area contributed by atoms with Crippen LogP contribution in [0.15, 0.2) is 36.4 Å². The molecule has 0 radical (unpaired) electrons. The Morgan fingerprint density at radius 2 is 1.90 bits per heavy atom. The minimum atomic E-state index is 0.534. The van der Waals surface area contributed by atoms with Gasteiger partial charge in [-0.05, 0) is 35.9 Å². The first-order valence-electron chi connectivity index (χ1n) is 6.58. The third kappa shape index (κ3) is 3.04. The van der Waals surface area contributed by atoms with Gasteiger partial charge in [0.2, 0.25) is 0 Å². The summed E-state index contributed by atoms with van der Waals surface area (Å²) in [7, 11) is 0. The molecule has 2 aromatic rings. The van der Waals surface area contributed by atoms with Crippen LogP contribution < -0.4 is 14.8 Å². The van der Waals surface area contributed by atoms with E-state index in [1.807, 2.05) is 18.2 Å². The first-order chi connectivity index (χ1) is 10.3. The largest absolute Gasteiger partial charge is 0.486 e. The molecular formula is C16H13ClN2O2. The molecule has 5 heteroatoms. The van der Waals surface area contributed by atoms with Crippen LogP contribution in [0.3, 0.4) is 0 Å². The topological polar surface area (TPSA) is 54.3 Å². The van der Waals surface area contributed by atoms with Gasteiger partial charge in [-0.25, -0.2) is 0 Å². The third-order valence-corrected chi connectivity index (χ3v) is 3.50. The van der Waals surface area contributed by atoms with Crippen LogP contribution in [0.4, 0.5) is 5.69 Å². The summed E-state index contributed by atoms with van der Waals surface area (Å²) in [6.45, 7) is 1.78. The highest BCUT2D eigenvalue weighted by Crippen LogP contribution is 2.31. The van der Waals surface area contributed by atoms with Crippen LogP contribution in [0.25, 0.3) is 0 Å². The molecule has 106 valence electrons. The van der Waals surface area contributed by atoms with Crippen LogP contribution in [0.1, 0.15) is 11.1 Å². The normalized spacial score (nSPS) is 12.6. The van der Waals surface area contributed by atoms with Crippen LogP contribution in [0.5, 0.6) is 11.5 Å². The number of fused-ring (bicyclic) bond motifs is 1. The lowest BCUT2D eigenvalue weighted by Gasteiger charge is -2.19. The second-order valence-corrected chi connectivity index (χ2v) is 5.05. The van der Waals surface area contributed by atoms with E-state index in [4.69, 9.17) is 26.3 Å². The van der Waals surface area contributed by atoms with Crippen molar-refractivity contribution < 1.29 is 9.47 Å². The molecule has 1 heterocycles. The number of nitrogens with zero attached hydrogens (tertiary/aromatic N) is 1. The van der Waals surface area contributed by atoms with E-state index < -0.39 is 0 Å². The Bertz CT molecular complexity index is 710. The van der Waals surface area contributed by atoms with Crippen LogP contribution in [0, 0.1) is 11.3 Å². The van der Waals surface area contributed by atoms with Gasteiger partial charge in [-0.15, -0.1) is 0 Å². The summed E-state index contributed by atoms with van der Waals surface area (Å²) in [4.78, 5) is 0. The minimum absolute atomic E-state index is 0.534. The van der Waals surface area contributed by atoms with Gasteiger partial charge in [0.05, 0.1) is 22.3 Å². The second-order valence-electron chi connectivity index (χ2n) is 4.64. The monoisotopic (exact) mass is 300 g/mol. The van der Waals surface area contributed by atoms with Crippen molar-refractivity contribution in [2.24, 2.45) is 0 Å². The van der Waals surface area contributed by atoms with Crippen LogP contribution in [0.2, 0.25) is 5.02 Å². The fraction of sp³-hybridized carbons (Fsp3) is 0.188. The molecule has 0 aromatic heterocycles. The lowest BCUT2D eigenvalue weighted by Crippen LogP contribution is -2.15. The van der Waals surface area contributed by atoms with Gasteiger partial charge in [0.1, 0.15) is 13.2 Å². The van der Waals surface area contributed by atoms with Crippen molar-refractivity contribution in [3.8, 4) is 17.6 Å². The zero-order chi connectivity index (χ0) is 14.7. The molecule has 2 aromatic carbocycles. The molecule has 0 aliphatic carbocycles. The van der Waals surface area contributed by atoms with E-state index in [0.717, 1.165) is 22.7 Å². The fourth-order valence-electron chi connectivity index (χ4n) is 2.12. The standard InChI is InChI=1S/C16H13ClN2O2/c17-13-7-11(9-18)1-3-14(13)19-10-12-2-4-15-16(8-12)21-6-5-20-15/h1-4,7-8,19H,5-6,10H2. The Morgan fingerprint density at radius 3 is 2.67 bits per heavy atom. The molecule has 21 heavy (non-hydrogen) atoms. The van der Waals surface area contributed by atoms with E-state index in [1.54, 1.807) is 18.2 Å². The quantitative estimate of drug-likeness (QED) is 0.941. The van der Waals surface area contributed by atoms with Crippen molar-refractivity contribution in [1.82, 2.24) is 0 Å². The summed E-state index contributed by atoms with van der Waals surface area (Å²) in [6.07, 6.45) is 0. The van der Waals surface area contributed by atoms with Crippen LogP contribution in [-0.2, 0) is 6.54 Å². The van der Waals surface area contributed by atoms with Gasteiger partial charge < -0.3 is 14.8 Å². The first-order valence-corrected chi connectivity index (χ1v) is 6.96. The Kier molecular flexibility index (Phi) is 3.85. The number of ether oxygens (including phenoxy) is 2. The average Bonchev–Trinajstić information content (AvgIpc) is 2.53.